The Bertz CT molecular complexity index is 299. The maximum atomic E-state index is 11.8. The number of nitrogens with one attached hydrogen (secondary N) is 1. The summed E-state index contributed by atoms with van der Waals surface area (Å²) in [5.74, 6) is -1.38. The number of amides is 1. The highest BCUT2D eigenvalue weighted by Gasteiger charge is 2.36. The summed E-state index contributed by atoms with van der Waals surface area (Å²) >= 11 is 3.91. The van der Waals surface area contributed by atoms with Crippen LogP contribution in [0.1, 0.15) is 12.8 Å². The molecule has 0 spiro atoms. The molecule has 1 fully saturated rings. The van der Waals surface area contributed by atoms with Gasteiger partial charge in [0.1, 0.15) is 12.1 Å². The summed E-state index contributed by atoms with van der Waals surface area (Å²) in [6.07, 6.45) is 1.09. The van der Waals surface area contributed by atoms with Crippen LogP contribution in [0.2, 0.25) is 0 Å². The van der Waals surface area contributed by atoms with Crippen molar-refractivity contribution in [1.82, 2.24) is 10.3 Å². The molecule has 0 saturated carbocycles. The van der Waals surface area contributed by atoms with Crippen LogP contribution in [0.3, 0.4) is 0 Å². The molecule has 0 aromatic carbocycles. The van der Waals surface area contributed by atoms with Gasteiger partial charge >= 0.3 is 5.97 Å². The largest absolute Gasteiger partial charge is 0.480 e. The first-order valence-corrected chi connectivity index (χ1v) is 5.47. The molecule has 16 heavy (non-hydrogen) atoms. The lowest BCUT2D eigenvalue weighted by molar-refractivity contribution is -0.148. The van der Waals surface area contributed by atoms with Gasteiger partial charge in [-0.25, -0.2) is 4.79 Å². The van der Waals surface area contributed by atoms with Gasteiger partial charge in [0.2, 0.25) is 5.91 Å². The van der Waals surface area contributed by atoms with Gasteiger partial charge in [-0.05, 0) is 12.8 Å². The number of likely N-dealkylation sites (tertiary alicyclic amines) is 1. The summed E-state index contributed by atoms with van der Waals surface area (Å²) in [6, 6.07) is -1.66. The highest BCUT2D eigenvalue weighted by molar-refractivity contribution is 7.80. The number of carbonyl (C=O) groups excluding carboxylic acids is 1. The number of carboxylic acid groups (broad SMARTS) is 1. The first-order chi connectivity index (χ1) is 7.61. The summed E-state index contributed by atoms with van der Waals surface area (Å²) in [4.78, 5) is 34.0. The topological polar surface area (TPSA) is 99.1 Å². The fourth-order valence-corrected chi connectivity index (χ4v) is 1.96. The van der Waals surface area contributed by atoms with Crippen molar-refractivity contribution in [2.24, 2.45) is 5.29 Å². The molecule has 0 unspecified atom stereocenters. The number of carboxylic acids is 1. The van der Waals surface area contributed by atoms with Gasteiger partial charge in [0.05, 0.1) is 5.29 Å². The summed E-state index contributed by atoms with van der Waals surface area (Å²) in [7, 11) is 0. The number of rotatable bonds is 5. The summed E-state index contributed by atoms with van der Waals surface area (Å²) in [5.41, 5.74) is 2.08. The highest BCUT2D eigenvalue weighted by Crippen LogP contribution is 2.18. The molecule has 2 atom stereocenters. The number of carbonyl (C=O) groups is 2. The predicted octanol–water partition coefficient (Wildman–Crippen LogP) is -0.369. The lowest BCUT2D eigenvalue weighted by Crippen LogP contribution is -2.49. The first-order valence-electron chi connectivity index (χ1n) is 4.83. The molecule has 0 bridgehead atoms. The molecular formula is C8H13N3O4S. The van der Waals surface area contributed by atoms with E-state index in [1.807, 2.05) is 0 Å². The molecule has 7 nitrogen and oxygen atoms in total. The Hall–Kier alpha value is -1.31. The second kappa shape index (κ2) is 5.69. The Morgan fingerprint density at radius 3 is 2.81 bits per heavy atom. The minimum absolute atomic E-state index is 0.0907. The minimum atomic E-state index is -1.03. The van der Waals surface area contributed by atoms with Crippen LogP contribution in [0, 0.1) is 4.91 Å². The van der Waals surface area contributed by atoms with Crippen molar-refractivity contribution in [2.45, 2.75) is 24.9 Å². The van der Waals surface area contributed by atoms with Crippen molar-refractivity contribution >= 4 is 24.5 Å². The number of hydrogen-bond acceptors (Lipinski definition) is 5. The molecule has 1 heterocycles. The zero-order valence-electron chi connectivity index (χ0n) is 8.50. The van der Waals surface area contributed by atoms with E-state index < -0.39 is 24.0 Å². The Balaban J connectivity index is 2.71. The number of thiol groups is 1. The van der Waals surface area contributed by atoms with Crippen molar-refractivity contribution in [2.75, 3.05) is 12.3 Å². The van der Waals surface area contributed by atoms with Gasteiger partial charge in [-0.2, -0.15) is 12.6 Å². The van der Waals surface area contributed by atoms with Crippen LogP contribution in [-0.4, -0.2) is 46.3 Å². The highest BCUT2D eigenvalue weighted by atomic mass is 32.1. The first kappa shape index (κ1) is 12.8. The van der Waals surface area contributed by atoms with E-state index in [9.17, 15) is 14.5 Å². The second-order valence-corrected chi connectivity index (χ2v) is 3.85. The van der Waals surface area contributed by atoms with Gasteiger partial charge < -0.3 is 10.0 Å². The number of nitrogens with zero attached hydrogens (tertiary/aromatic N) is 2. The normalized spacial score (nSPS) is 21.6. The maximum absolute atomic E-state index is 11.8. The van der Waals surface area contributed by atoms with Crippen molar-refractivity contribution in [3.63, 3.8) is 0 Å². The summed E-state index contributed by atoms with van der Waals surface area (Å²) < 4.78 is 0. The lowest BCUT2D eigenvalue weighted by atomic mass is 10.2. The maximum Gasteiger partial charge on any atom is 0.326 e. The molecule has 1 amide bonds. The SMILES string of the molecule is O=NN[C@@H](CS)C(=O)N1CCC[C@H]1C(=O)O. The molecule has 1 aliphatic rings. The Morgan fingerprint density at radius 1 is 1.62 bits per heavy atom. The zero-order valence-corrected chi connectivity index (χ0v) is 9.39. The molecule has 0 radical (unpaired) electrons. The summed E-state index contributed by atoms with van der Waals surface area (Å²) in [5, 5.41) is 11.3. The molecule has 0 aliphatic carbocycles. The van der Waals surface area contributed by atoms with Crippen LogP contribution in [-0.2, 0) is 9.59 Å². The van der Waals surface area contributed by atoms with E-state index >= 15 is 0 Å². The number of nitroso groups, excluding NO2 is 1. The van der Waals surface area contributed by atoms with E-state index in [2.05, 4.69) is 23.3 Å². The minimum Gasteiger partial charge on any atom is -0.480 e. The van der Waals surface area contributed by atoms with Gasteiger partial charge in [0.25, 0.3) is 0 Å². The van der Waals surface area contributed by atoms with Crippen LogP contribution in [0.15, 0.2) is 5.29 Å². The third-order valence-electron chi connectivity index (χ3n) is 2.51. The van der Waals surface area contributed by atoms with Crippen LogP contribution in [0.25, 0.3) is 0 Å². The average molecular weight is 247 g/mol. The predicted molar refractivity (Wildman–Crippen MR) is 58.9 cm³/mol. The summed E-state index contributed by atoms with van der Waals surface area (Å²) in [6.45, 7) is 0.389. The van der Waals surface area contributed by atoms with Gasteiger partial charge in [0.15, 0.2) is 0 Å². The molecular weight excluding hydrogens is 234 g/mol. The number of aliphatic carboxylic acids is 1. The van der Waals surface area contributed by atoms with Crippen molar-refractivity contribution in [3.8, 4) is 0 Å². The van der Waals surface area contributed by atoms with Crippen molar-refractivity contribution in [3.05, 3.63) is 4.91 Å². The standard InChI is InChI=1S/C8H13N3O4S/c12-7(5(4-16)9-10-15)11-3-1-2-6(11)8(13)14/h5-6,16H,1-4H2,(H,9,15)(H,13,14)/t5-,6-/m0/s1. The van der Waals surface area contributed by atoms with Crippen molar-refractivity contribution in [1.29, 1.82) is 0 Å². The van der Waals surface area contributed by atoms with Gasteiger partial charge in [0, 0.05) is 12.3 Å². The van der Waals surface area contributed by atoms with Gasteiger partial charge in [-0.1, -0.05) is 0 Å². The Morgan fingerprint density at radius 2 is 2.31 bits per heavy atom. The quantitative estimate of drug-likeness (QED) is 0.350. The van der Waals surface area contributed by atoms with Crippen LogP contribution < -0.4 is 5.43 Å². The third kappa shape index (κ3) is 2.63. The lowest BCUT2D eigenvalue weighted by Gasteiger charge is -2.24. The van der Waals surface area contributed by atoms with E-state index in [0.717, 1.165) is 0 Å². The fraction of sp³-hybridized carbons (Fsp3) is 0.750. The fourth-order valence-electron chi connectivity index (χ4n) is 1.73. The van der Waals surface area contributed by atoms with E-state index in [1.165, 1.54) is 4.90 Å². The van der Waals surface area contributed by atoms with Crippen molar-refractivity contribution < 1.29 is 14.7 Å². The van der Waals surface area contributed by atoms with Gasteiger partial charge in [-0.15, -0.1) is 4.91 Å². The van der Waals surface area contributed by atoms with E-state index in [-0.39, 0.29) is 5.75 Å². The van der Waals surface area contributed by atoms with Crippen LogP contribution in [0.4, 0.5) is 0 Å². The molecule has 0 aromatic rings. The second-order valence-electron chi connectivity index (χ2n) is 3.48. The molecule has 90 valence electrons. The molecule has 1 rings (SSSR count). The molecule has 1 aliphatic heterocycles. The van der Waals surface area contributed by atoms with Crippen LogP contribution in [0.5, 0.6) is 0 Å². The number of hydrogen-bond donors (Lipinski definition) is 3. The average Bonchev–Trinajstić information content (AvgIpc) is 2.73. The molecule has 8 heteroatoms. The van der Waals surface area contributed by atoms with Crippen LogP contribution >= 0.6 is 12.6 Å². The monoisotopic (exact) mass is 247 g/mol. The molecule has 2 N–H and O–H groups in total. The Kier molecular flexibility index (Phi) is 4.53. The Labute approximate surface area is 97.5 Å². The molecule has 1 saturated heterocycles. The molecule has 0 aromatic heterocycles. The third-order valence-corrected chi connectivity index (χ3v) is 2.88. The van der Waals surface area contributed by atoms with E-state index in [0.29, 0.717) is 19.4 Å². The van der Waals surface area contributed by atoms with E-state index in [1.54, 1.807) is 0 Å². The zero-order chi connectivity index (χ0) is 12.1. The van der Waals surface area contributed by atoms with Gasteiger partial charge in [-0.3, -0.25) is 10.2 Å². The van der Waals surface area contributed by atoms with E-state index in [4.69, 9.17) is 5.11 Å². The smallest absolute Gasteiger partial charge is 0.326 e.